The van der Waals surface area contributed by atoms with Gasteiger partial charge in [0.25, 0.3) is 5.91 Å². The van der Waals surface area contributed by atoms with E-state index in [1.165, 1.54) is 0 Å². The highest BCUT2D eigenvalue weighted by Gasteiger charge is 2.35. The van der Waals surface area contributed by atoms with Gasteiger partial charge in [0.1, 0.15) is 5.75 Å². The van der Waals surface area contributed by atoms with Gasteiger partial charge in [0.05, 0.1) is 0 Å². The Bertz CT molecular complexity index is 489. The number of hydrogen-bond donors (Lipinski definition) is 1. The summed E-state index contributed by atoms with van der Waals surface area (Å²) in [6, 6.07) is 8.08. The number of likely N-dealkylation sites (tertiary alicyclic amines) is 1. The fourth-order valence-corrected chi connectivity index (χ4v) is 2.97. The number of aryl methyl sites for hydroxylation is 1. The zero-order chi connectivity index (χ0) is 15.4. The standard InChI is InChI=1S/C17H26N2O2/c1-4-16(21-15-7-5-6-12(2)8-15)17(20)19-11-14(10-18)9-13(19)3/h5-8,13-14,16H,4,9-11,18H2,1-3H3. The molecule has 1 aliphatic rings. The summed E-state index contributed by atoms with van der Waals surface area (Å²) in [6.45, 7) is 7.49. The lowest BCUT2D eigenvalue weighted by Gasteiger charge is -2.27. The van der Waals surface area contributed by atoms with Crippen molar-refractivity contribution in [1.29, 1.82) is 0 Å². The quantitative estimate of drug-likeness (QED) is 0.905. The molecule has 0 radical (unpaired) electrons. The van der Waals surface area contributed by atoms with Gasteiger partial charge < -0.3 is 15.4 Å². The molecule has 3 atom stereocenters. The van der Waals surface area contributed by atoms with Gasteiger partial charge in [-0.05, 0) is 56.8 Å². The highest BCUT2D eigenvalue weighted by molar-refractivity contribution is 5.81. The summed E-state index contributed by atoms with van der Waals surface area (Å²) in [4.78, 5) is 14.6. The topological polar surface area (TPSA) is 55.6 Å². The number of carbonyl (C=O) groups is 1. The van der Waals surface area contributed by atoms with Crippen molar-refractivity contribution in [3.63, 3.8) is 0 Å². The Morgan fingerprint density at radius 3 is 2.86 bits per heavy atom. The van der Waals surface area contributed by atoms with Crippen LogP contribution in [-0.4, -0.2) is 36.0 Å². The number of carbonyl (C=O) groups excluding carboxylic acids is 1. The summed E-state index contributed by atoms with van der Waals surface area (Å²) in [5, 5.41) is 0. The van der Waals surface area contributed by atoms with E-state index in [1.54, 1.807) is 0 Å². The molecule has 1 aliphatic heterocycles. The minimum absolute atomic E-state index is 0.0856. The molecular weight excluding hydrogens is 264 g/mol. The van der Waals surface area contributed by atoms with E-state index in [-0.39, 0.29) is 11.9 Å². The number of hydrogen-bond acceptors (Lipinski definition) is 3. The smallest absolute Gasteiger partial charge is 0.263 e. The van der Waals surface area contributed by atoms with E-state index in [9.17, 15) is 4.79 Å². The average Bonchev–Trinajstić information content (AvgIpc) is 2.85. The largest absolute Gasteiger partial charge is 0.481 e. The van der Waals surface area contributed by atoms with Crippen molar-refractivity contribution in [2.24, 2.45) is 11.7 Å². The zero-order valence-corrected chi connectivity index (χ0v) is 13.2. The Kier molecular flexibility index (Phi) is 5.23. The first-order chi connectivity index (χ1) is 10.0. The molecule has 0 spiro atoms. The van der Waals surface area contributed by atoms with Crippen molar-refractivity contribution >= 4 is 5.91 Å². The molecule has 1 aromatic rings. The van der Waals surface area contributed by atoms with Gasteiger partial charge in [-0.1, -0.05) is 19.1 Å². The molecule has 2 rings (SSSR count). The number of benzene rings is 1. The predicted octanol–water partition coefficient (Wildman–Crippen LogP) is 2.35. The second kappa shape index (κ2) is 6.94. The number of amides is 1. The monoisotopic (exact) mass is 290 g/mol. The van der Waals surface area contributed by atoms with Crippen LogP contribution in [0.15, 0.2) is 24.3 Å². The Labute approximate surface area is 127 Å². The van der Waals surface area contributed by atoms with E-state index >= 15 is 0 Å². The Morgan fingerprint density at radius 2 is 2.29 bits per heavy atom. The minimum Gasteiger partial charge on any atom is -0.481 e. The lowest BCUT2D eigenvalue weighted by molar-refractivity contribution is -0.139. The van der Waals surface area contributed by atoms with Crippen LogP contribution >= 0.6 is 0 Å². The first-order valence-electron chi connectivity index (χ1n) is 7.79. The van der Waals surface area contributed by atoms with Gasteiger partial charge in [0.15, 0.2) is 6.10 Å². The number of ether oxygens (including phenoxy) is 1. The maximum Gasteiger partial charge on any atom is 0.263 e. The van der Waals surface area contributed by atoms with Crippen LogP contribution in [0.3, 0.4) is 0 Å². The third kappa shape index (κ3) is 3.76. The first kappa shape index (κ1) is 15.8. The second-order valence-electron chi connectivity index (χ2n) is 6.01. The molecule has 2 N–H and O–H groups in total. The van der Waals surface area contributed by atoms with Crippen LogP contribution in [0.4, 0.5) is 0 Å². The summed E-state index contributed by atoms with van der Waals surface area (Å²) in [5.74, 6) is 1.26. The van der Waals surface area contributed by atoms with E-state index in [0.29, 0.717) is 18.9 Å². The second-order valence-corrected chi connectivity index (χ2v) is 6.01. The van der Waals surface area contributed by atoms with Crippen molar-refractivity contribution in [3.05, 3.63) is 29.8 Å². The van der Waals surface area contributed by atoms with Crippen LogP contribution < -0.4 is 10.5 Å². The highest BCUT2D eigenvalue weighted by atomic mass is 16.5. The molecule has 3 unspecified atom stereocenters. The molecule has 1 heterocycles. The van der Waals surface area contributed by atoms with E-state index < -0.39 is 6.10 Å². The third-order valence-corrected chi connectivity index (χ3v) is 4.19. The van der Waals surface area contributed by atoms with Crippen LogP contribution in [0.5, 0.6) is 5.75 Å². The van der Waals surface area contributed by atoms with Crippen LogP contribution in [0, 0.1) is 12.8 Å². The maximum atomic E-state index is 12.7. The Hall–Kier alpha value is -1.55. The molecule has 0 saturated carbocycles. The van der Waals surface area contributed by atoms with E-state index in [0.717, 1.165) is 24.3 Å². The Morgan fingerprint density at radius 1 is 1.52 bits per heavy atom. The summed E-state index contributed by atoms with van der Waals surface area (Å²) in [6.07, 6.45) is 1.25. The normalized spacial score (nSPS) is 23.1. The van der Waals surface area contributed by atoms with E-state index in [4.69, 9.17) is 10.5 Å². The molecule has 1 fully saturated rings. The third-order valence-electron chi connectivity index (χ3n) is 4.19. The highest BCUT2D eigenvalue weighted by Crippen LogP contribution is 2.24. The van der Waals surface area contributed by atoms with Crippen molar-refractivity contribution in [2.75, 3.05) is 13.1 Å². The molecule has 1 saturated heterocycles. The molecule has 21 heavy (non-hydrogen) atoms. The molecule has 0 aliphatic carbocycles. The molecule has 0 aromatic heterocycles. The van der Waals surface area contributed by atoms with Crippen LogP contribution in [0.2, 0.25) is 0 Å². The van der Waals surface area contributed by atoms with Crippen molar-refractivity contribution in [2.45, 2.75) is 45.8 Å². The lowest BCUT2D eigenvalue weighted by atomic mass is 10.1. The molecule has 4 nitrogen and oxygen atoms in total. The van der Waals surface area contributed by atoms with Gasteiger partial charge in [0, 0.05) is 12.6 Å². The first-order valence-corrected chi connectivity index (χ1v) is 7.79. The van der Waals surface area contributed by atoms with Gasteiger partial charge in [-0.25, -0.2) is 0 Å². The molecule has 1 amide bonds. The summed E-state index contributed by atoms with van der Waals surface area (Å²) in [7, 11) is 0. The van der Waals surface area contributed by atoms with Crippen molar-refractivity contribution in [1.82, 2.24) is 4.90 Å². The van der Waals surface area contributed by atoms with E-state index in [1.807, 2.05) is 43.0 Å². The van der Waals surface area contributed by atoms with Gasteiger partial charge in [0.2, 0.25) is 0 Å². The van der Waals surface area contributed by atoms with E-state index in [2.05, 4.69) is 6.92 Å². The molecular formula is C17H26N2O2. The molecule has 0 bridgehead atoms. The van der Waals surface area contributed by atoms with Crippen molar-refractivity contribution < 1.29 is 9.53 Å². The van der Waals surface area contributed by atoms with Gasteiger partial charge in [-0.2, -0.15) is 0 Å². The number of rotatable bonds is 5. The van der Waals surface area contributed by atoms with Crippen molar-refractivity contribution in [3.8, 4) is 5.75 Å². The maximum absolute atomic E-state index is 12.7. The Balaban J connectivity index is 2.05. The number of nitrogens with zero attached hydrogens (tertiary/aromatic N) is 1. The lowest BCUT2D eigenvalue weighted by Crippen LogP contribution is -2.43. The zero-order valence-electron chi connectivity index (χ0n) is 13.2. The SMILES string of the molecule is CCC(Oc1cccc(C)c1)C(=O)N1CC(CN)CC1C. The average molecular weight is 290 g/mol. The minimum atomic E-state index is -0.411. The van der Waals surface area contributed by atoms with Crippen LogP contribution in [0.25, 0.3) is 0 Å². The van der Waals surface area contributed by atoms with Crippen LogP contribution in [-0.2, 0) is 4.79 Å². The molecule has 116 valence electrons. The van der Waals surface area contributed by atoms with Gasteiger partial charge >= 0.3 is 0 Å². The fraction of sp³-hybridized carbons (Fsp3) is 0.588. The summed E-state index contributed by atoms with van der Waals surface area (Å²) < 4.78 is 5.91. The van der Waals surface area contributed by atoms with Gasteiger partial charge in [-0.3, -0.25) is 4.79 Å². The fourth-order valence-electron chi connectivity index (χ4n) is 2.97. The summed E-state index contributed by atoms with van der Waals surface area (Å²) in [5.41, 5.74) is 6.87. The molecule has 1 aromatic carbocycles. The predicted molar refractivity (Wildman–Crippen MR) is 84.2 cm³/mol. The van der Waals surface area contributed by atoms with Crippen LogP contribution in [0.1, 0.15) is 32.3 Å². The number of nitrogens with two attached hydrogens (primary N) is 1. The molecule has 4 heteroatoms. The van der Waals surface area contributed by atoms with Gasteiger partial charge in [-0.15, -0.1) is 0 Å². The summed E-state index contributed by atoms with van der Waals surface area (Å²) >= 11 is 0.